The molecule has 2 amide bonds. The first-order valence-electron chi connectivity index (χ1n) is 9.91. The molecule has 0 atom stereocenters. The Hall–Kier alpha value is -2.79. The normalized spacial score (nSPS) is 11.0. The molecule has 1 aromatic carbocycles. The van der Waals surface area contributed by atoms with E-state index in [1.54, 1.807) is 0 Å². The number of amides is 2. The van der Waals surface area contributed by atoms with Gasteiger partial charge in [-0.3, -0.25) is 14.9 Å². The fourth-order valence-electron chi connectivity index (χ4n) is 2.73. The quantitative estimate of drug-likeness (QED) is 0.471. The minimum Gasteiger partial charge on any atom is -0.325 e. The molecule has 0 aliphatic rings. The van der Waals surface area contributed by atoms with Crippen molar-refractivity contribution in [1.29, 1.82) is 0 Å². The lowest BCUT2D eigenvalue weighted by molar-refractivity contribution is -0.116. The van der Waals surface area contributed by atoms with Crippen LogP contribution in [0.2, 0.25) is 0 Å². The average molecular weight is 460 g/mol. The lowest BCUT2D eigenvalue weighted by atomic mass is 10.2. The fourth-order valence-corrected chi connectivity index (χ4v) is 4.31. The van der Waals surface area contributed by atoms with Gasteiger partial charge >= 0.3 is 0 Å². The molecule has 0 bridgehead atoms. The minimum absolute atomic E-state index is 0.102. The minimum atomic E-state index is -0.194. The van der Waals surface area contributed by atoms with Crippen LogP contribution < -0.4 is 10.6 Å². The van der Waals surface area contributed by atoms with Crippen molar-refractivity contribution in [2.24, 2.45) is 0 Å². The Morgan fingerprint density at radius 2 is 1.87 bits per heavy atom. The molecule has 0 unspecified atom stereocenters. The Morgan fingerprint density at radius 3 is 2.55 bits per heavy atom. The summed E-state index contributed by atoms with van der Waals surface area (Å²) in [5, 5.41) is 24.0. The summed E-state index contributed by atoms with van der Waals surface area (Å²) in [7, 11) is 0. The maximum atomic E-state index is 12.5. The molecule has 164 valence electrons. The summed E-state index contributed by atoms with van der Waals surface area (Å²) < 4.78 is 1.84. The molecule has 0 aliphatic carbocycles. The van der Waals surface area contributed by atoms with E-state index in [9.17, 15) is 9.59 Å². The van der Waals surface area contributed by atoms with Crippen molar-refractivity contribution in [2.75, 3.05) is 16.4 Å². The van der Waals surface area contributed by atoms with Gasteiger partial charge in [-0.2, -0.15) is 0 Å². The number of anilines is 2. The molecule has 0 saturated carbocycles. The summed E-state index contributed by atoms with van der Waals surface area (Å²) in [5.41, 5.74) is 1.77. The summed E-state index contributed by atoms with van der Waals surface area (Å²) >= 11 is 2.64. The van der Waals surface area contributed by atoms with Crippen LogP contribution in [-0.4, -0.2) is 42.5 Å². The monoisotopic (exact) mass is 459 g/mol. The third kappa shape index (κ3) is 6.11. The molecule has 0 aliphatic heterocycles. The van der Waals surface area contributed by atoms with Crippen molar-refractivity contribution >= 4 is 45.7 Å². The van der Waals surface area contributed by atoms with Gasteiger partial charge in [0.15, 0.2) is 5.16 Å². The Labute approximate surface area is 189 Å². The molecule has 2 heterocycles. The zero-order chi connectivity index (χ0) is 22.4. The molecule has 2 aromatic heterocycles. The molecule has 0 radical (unpaired) electrons. The number of thioether (sulfide) groups is 1. The van der Waals surface area contributed by atoms with Crippen molar-refractivity contribution in [3.8, 4) is 0 Å². The smallest absolute Gasteiger partial charge is 0.236 e. The van der Waals surface area contributed by atoms with Gasteiger partial charge in [-0.15, -0.1) is 20.4 Å². The molecule has 11 heteroatoms. The number of para-hydroxylation sites is 1. The van der Waals surface area contributed by atoms with Gasteiger partial charge in [0.1, 0.15) is 10.8 Å². The molecule has 0 spiro atoms. The van der Waals surface area contributed by atoms with E-state index in [1.807, 2.05) is 56.5 Å². The molecule has 3 rings (SSSR count). The number of rotatable bonds is 9. The van der Waals surface area contributed by atoms with Crippen LogP contribution in [-0.2, 0) is 22.6 Å². The third-order valence-corrected chi connectivity index (χ3v) is 6.47. The van der Waals surface area contributed by atoms with Crippen molar-refractivity contribution in [1.82, 2.24) is 25.0 Å². The number of hydrogen-bond donors (Lipinski definition) is 2. The molecule has 0 fully saturated rings. The number of aryl methyl sites for hydroxylation is 1. The van der Waals surface area contributed by atoms with Crippen LogP contribution >= 0.6 is 23.1 Å². The predicted octanol–water partition coefficient (Wildman–Crippen LogP) is 3.49. The Morgan fingerprint density at radius 1 is 1.10 bits per heavy atom. The highest BCUT2D eigenvalue weighted by Gasteiger charge is 2.17. The fraction of sp³-hybridized carbons (Fsp3) is 0.400. The van der Waals surface area contributed by atoms with Gasteiger partial charge in [0, 0.05) is 18.2 Å². The largest absolute Gasteiger partial charge is 0.325 e. The highest BCUT2D eigenvalue weighted by Crippen LogP contribution is 2.23. The maximum Gasteiger partial charge on any atom is 0.236 e. The summed E-state index contributed by atoms with van der Waals surface area (Å²) in [5.74, 6) is 0.623. The second kappa shape index (κ2) is 10.5. The van der Waals surface area contributed by atoms with E-state index in [1.165, 1.54) is 23.1 Å². The van der Waals surface area contributed by atoms with Crippen LogP contribution in [0.15, 0.2) is 29.4 Å². The lowest BCUT2D eigenvalue weighted by Crippen LogP contribution is -2.18. The molecular formula is C20H25N7O2S2. The van der Waals surface area contributed by atoms with E-state index < -0.39 is 0 Å². The molecule has 9 nitrogen and oxygen atoms in total. The average Bonchev–Trinajstić information content (AvgIpc) is 3.35. The van der Waals surface area contributed by atoms with E-state index in [0.29, 0.717) is 22.7 Å². The number of carbonyl (C=O) groups excluding carboxylic acids is 2. The second-order valence-electron chi connectivity index (χ2n) is 7.12. The van der Waals surface area contributed by atoms with Crippen molar-refractivity contribution in [3.05, 3.63) is 40.7 Å². The predicted molar refractivity (Wildman–Crippen MR) is 123 cm³/mol. The zero-order valence-electron chi connectivity index (χ0n) is 17.9. The number of hydrogen-bond acceptors (Lipinski definition) is 8. The molecule has 2 N–H and O–H groups in total. The molecular weight excluding hydrogens is 434 g/mol. The lowest BCUT2D eigenvalue weighted by Gasteiger charge is -2.09. The standard InChI is InChI=1S/C20H25N7O2S2/c1-5-27-15(10-16(28)21-14-9-7-6-8-13(14)4)23-26-20(27)30-11-17(29)22-19-25-24-18(31-19)12(2)3/h6-9,12H,5,10-11H2,1-4H3,(H,21,28)(H,22,25,29). The van der Waals surface area contributed by atoms with Crippen molar-refractivity contribution < 1.29 is 9.59 Å². The van der Waals surface area contributed by atoms with Gasteiger partial charge in [0.2, 0.25) is 16.9 Å². The Kier molecular flexibility index (Phi) is 7.75. The summed E-state index contributed by atoms with van der Waals surface area (Å²) in [6.45, 7) is 8.54. The van der Waals surface area contributed by atoms with Gasteiger partial charge in [0.05, 0.1) is 12.2 Å². The first-order valence-corrected chi connectivity index (χ1v) is 11.7. The van der Waals surface area contributed by atoms with Gasteiger partial charge in [-0.1, -0.05) is 55.1 Å². The van der Waals surface area contributed by atoms with Crippen LogP contribution in [0.4, 0.5) is 10.8 Å². The first kappa shape index (κ1) is 22.9. The third-order valence-electron chi connectivity index (χ3n) is 4.36. The van der Waals surface area contributed by atoms with Crippen LogP contribution in [0.25, 0.3) is 0 Å². The van der Waals surface area contributed by atoms with Crippen molar-refractivity contribution in [3.63, 3.8) is 0 Å². The zero-order valence-corrected chi connectivity index (χ0v) is 19.5. The summed E-state index contributed by atoms with van der Waals surface area (Å²) in [6.07, 6.45) is 0.102. The van der Waals surface area contributed by atoms with E-state index >= 15 is 0 Å². The van der Waals surface area contributed by atoms with E-state index in [-0.39, 0.29) is 29.9 Å². The molecule has 31 heavy (non-hydrogen) atoms. The second-order valence-corrected chi connectivity index (χ2v) is 9.07. The number of aromatic nitrogens is 5. The number of carbonyl (C=O) groups is 2. The Balaban J connectivity index is 1.57. The van der Waals surface area contributed by atoms with Gasteiger partial charge in [-0.25, -0.2) is 0 Å². The van der Waals surface area contributed by atoms with E-state index in [4.69, 9.17) is 0 Å². The SMILES string of the molecule is CCn1c(CC(=O)Nc2ccccc2C)nnc1SCC(=O)Nc1nnc(C(C)C)s1. The highest BCUT2D eigenvalue weighted by atomic mass is 32.2. The van der Waals surface area contributed by atoms with Crippen LogP contribution in [0.1, 0.15) is 43.1 Å². The van der Waals surface area contributed by atoms with Gasteiger partial charge in [0.25, 0.3) is 0 Å². The first-order chi connectivity index (χ1) is 14.9. The van der Waals surface area contributed by atoms with E-state index in [0.717, 1.165) is 16.3 Å². The van der Waals surface area contributed by atoms with Crippen LogP contribution in [0.5, 0.6) is 0 Å². The van der Waals surface area contributed by atoms with E-state index in [2.05, 4.69) is 31.0 Å². The molecule has 0 saturated heterocycles. The van der Waals surface area contributed by atoms with Gasteiger partial charge in [-0.05, 0) is 25.5 Å². The number of benzene rings is 1. The van der Waals surface area contributed by atoms with Gasteiger partial charge < -0.3 is 9.88 Å². The molecule has 3 aromatic rings. The highest BCUT2D eigenvalue weighted by molar-refractivity contribution is 7.99. The Bertz CT molecular complexity index is 1060. The number of nitrogens with one attached hydrogen (secondary N) is 2. The van der Waals surface area contributed by atoms with Crippen molar-refractivity contribution in [2.45, 2.75) is 51.7 Å². The summed E-state index contributed by atoms with van der Waals surface area (Å²) in [4.78, 5) is 24.7. The number of nitrogens with zero attached hydrogens (tertiary/aromatic N) is 5. The maximum absolute atomic E-state index is 12.5. The summed E-state index contributed by atoms with van der Waals surface area (Å²) in [6, 6.07) is 7.60. The topological polar surface area (TPSA) is 115 Å². The van der Waals surface area contributed by atoms with Crippen LogP contribution in [0, 0.1) is 6.92 Å². The van der Waals surface area contributed by atoms with Crippen LogP contribution in [0.3, 0.4) is 0 Å².